The van der Waals surface area contributed by atoms with Gasteiger partial charge in [0.15, 0.2) is 0 Å². The molecular weight excluding hydrogens is 240 g/mol. The van der Waals surface area contributed by atoms with Gasteiger partial charge in [-0.05, 0) is 37.9 Å². The number of aryl methyl sites for hydroxylation is 1. The van der Waals surface area contributed by atoms with Gasteiger partial charge in [-0.2, -0.15) is 4.98 Å². The minimum absolute atomic E-state index is 0.327. The fourth-order valence-electron chi connectivity index (χ4n) is 2.62. The van der Waals surface area contributed by atoms with Crippen LogP contribution in [0.4, 0.5) is 0 Å². The van der Waals surface area contributed by atoms with Crippen molar-refractivity contribution in [2.24, 2.45) is 0 Å². The summed E-state index contributed by atoms with van der Waals surface area (Å²) in [6, 6.07) is 2.35. The molecule has 1 N–H and O–H groups in total. The van der Waals surface area contributed by atoms with Crippen molar-refractivity contribution in [3.8, 4) is 11.4 Å². The maximum atomic E-state index is 5.45. The van der Waals surface area contributed by atoms with Gasteiger partial charge in [0.25, 0.3) is 0 Å². The van der Waals surface area contributed by atoms with Gasteiger partial charge < -0.3 is 9.84 Å². The van der Waals surface area contributed by atoms with Crippen LogP contribution in [0.1, 0.15) is 37.6 Å². The Hall–Kier alpha value is -1.75. The SMILES string of the molecule is CCc1cnccc1-c1noc(C2CCNC2C)n1. The number of nitrogens with zero attached hydrogens (tertiary/aromatic N) is 3. The van der Waals surface area contributed by atoms with Crippen molar-refractivity contribution in [1.82, 2.24) is 20.4 Å². The summed E-state index contributed by atoms with van der Waals surface area (Å²) < 4.78 is 5.45. The molecule has 2 aromatic rings. The lowest BCUT2D eigenvalue weighted by atomic mass is 10.0. The second kappa shape index (κ2) is 5.09. The van der Waals surface area contributed by atoms with Gasteiger partial charge in [0.05, 0.1) is 5.92 Å². The molecule has 2 atom stereocenters. The molecule has 1 fully saturated rings. The fourth-order valence-corrected chi connectivity index (χ4v) is 2.62. The lowest BCUT2D eigenvalue weighted by Gasteiger charge is -2.08. The van der Waals surface area contributed by atoms with Crippen molar-refractivity contribution in [1.29, 1.82) is 0 Å². The molecule has 0 spiro atoms. The lowest BCUT2D eigenvalue weighted by Crippen LogP contribution is -2.21. The van der Waals surface area contributed by atoms with Crippen LogP contribution < -0.4 is 5.32 Å². The molecule has 0 saturated carbocycles. The molecule has 19 heavy (non-hydrogen) atoms. The summed E-state index contributed by atoms with van der Waals surface area (Å²) in [6.07, 6.45) is 5.60. The van der Waals surface area contributed by atoms with Crippen molar-refractivity contribution in [3.05, 3.63) is 29.9 Å². The maximum absolute atomic E-state index is 5.45. The van der Waals surface area contributed by atoms with Crippen LogP contribution in [0.3, 0.4) is 0 Å². The Morgan fingerprint density at radius 3 is 3.11 bits per heavy atom. The third kappa shape index (κ3) is 2.26. The smallest absolute Gasteiger partial charge is 0.231 e. The maximum Gasteiger partial charge on any atom is 0.231 e. The number of pyridine rings is 1. The quantitative estimate of drug-likeness (QED) is 0.914. The Bertz CT molecular complexity index is 566. The van der Waals surface area contributed by atoms with Gasteiger partial charge in [0.2, 0.25) is 11.7 Å². The highest BCUT2D eigenvalue weighted by Crippen LogP contribution is 2.28. The summed E-state index contributed by atoms with van der Waals surface area (Å²) in [4.78, 5) is 8.72. The van der Waals surface area contributed by atoms with E-state index < -0.39 is 0 Å². The third-order valence-electron chi connectivity index (χ3n) is 3.81. The highest BCUT2D eigenvalue weighted by Gasteiger charge is 2.29. The van der Waals surface area contributed by atoms with Gasteiger partial charge in [-0.25, -0.2) is 0 Å². The zero-order chi connectivity index (χ0) is 13.2. The minimum atomic E-state index is 0.327. The van der Waals surface area contributed by atoms with Crippen molar-refractivity contribution < 1.29 is 4.52 Å². The fraction of sp³-hybridized carbons (Fsp3) is 0.500. The first-order chi connectivity index (χ1) is 9.29. The third-order valence-corrected chi connectivity index (χ3v) is 3.81. The molecule has 3 rings (SSSR count). The van der Waals surface area contributed by atoms with Crippen molar-refractivity contribution in [2.75, 3.05) is 6.54 Å². The standard InChI is InChI=1S/C14H18N4O/c1-3-10-8-15-6-4-12(10)13-17-14(19-18-13)11-5-7-16-9(11)2/h4,6,8-9,11,16H,3,5,7H2,1-2H3. The summed E-state index contributed by atoms with van der Waals surface area (Å²) >= 11 is 0. The van der Waals surface area contributed by atoms with E-state index in [2.05, 4.69) is 34.3 Å². The largest absolute Gasteiger partial charge is 0.339 e. The average molecular weight is 258 g/mol. The van der Waals surface area contributed by atoms with E-state index in [-0.39, 0.29) is 0 Å². The van der Waals surface area contributed by atoms with Crippen LogP contribution >= 0.6 is 0 Å². The molecule has 3 heterocycles. The Labute approximate surface area is 112 Å². The Kier molecular flexibility index (Phi) is 3.29. The molecule has 100 valence electrons. The molecule has 2 unspecified atom stereocenters. The van der Waals surface area contributed by atoms with Gasteiger partial charge in [-0.3, -0.25) is 4.98 Å². The molecule has 1 aliphatic heterocycles. The summed E-state index contributed by atoms with van der Waals surface area (Å²) in [6.45, 7) is 5.27. The number of aromatic nitrogens is 3. The van der Waals surface area contributed by atoms with Gasteiger partial charge >= 0.3 is 0 Å². The number of nitrogens with one attached hydrogen (secondary N) is 1. The second-order valence-electron chi connectivity index (χ2n) is 4.98. The molecule has 0 aliphatic carbocycles. The molecule has 0 radical (unpaired) electrons. The minimum Gasteiger partial charge on any atom is -0.339 e. The summed E-state index contributed by atoms with van der Waals surface area (Å²) in [5.41, 5.74) is 2.17. The zero-order valence-corrected chi connectivity index (χ0v) is 11.3. The van der Waals surface area contributed by atoms with Crippen LogP contribution in [0.25, 0.3) is 11.4 Å². The highest BCUT2D eigenvalue weighted by atomic mass is 16.5. The van der Waals surface area contributed by atoms with E-state index in [1.165, 1.54) is 0 Å². The van der Waals surface area contributed by atoms with E-state index >= 15 is 0 Å². The topological polar surface area (TPSA) is 63.8 Å². The monoisotopic (exact) mass is 258 g/mol. The van der Waals surface area contributed by atoms with Crippen molar-refractivity contribution in [3.63, 3.8) is 0 Å². The molecule has 5 heteroatoms. The van der Waals surface area contributed by atoms with Crippen LogP contribution in [0, 0.1) is 0 Å². The first-order valence-electron chi connectivity index (χ1n) is 6.80. The van der Waals surface area contributed by atoms with E-state index in [0.717, 1.165) is 36.4 Å². The molecule has 1 saturated heterocycles. The summed E-state index contributed by atoms with van der Waals surface area (Å²) in [5, 5.41) is 7.53. The lowest BCUT2D eigenvalue weighted by molar-refractivity contribution is 0.345. The van der Waals surface area contributed by atoms with Crippen molar-refractivity contribution in [2.45, 2.75) is 38.6 Å². The zero-order valence-electron chi connectivity index (χ0n) is 11.3. The van der Waals surface area contributed by atoms with Crippen LogP contribution in [0.15, 0.2) is 23.0 Å². The predicted octanol–water partition coefficient (Wildman–Crippen LogP) is 2.16. The summed E-state index contributed by atoms with van der Waals surface area (Å²) in [5.74, 6) is 1.74. The van der Waals surface area contributed by atoms with Crippen LogP contribution in [-0.4, -0.2) is 27.7 Å². The van der Waals surface area contributed by atoms with Gasteiger partial charge in [-0.1, -0.05) is 12.1 Å². The van der Waals surface area contributed by atoms with Gasteiger partial charge in [0, 0.05) is 24.0 Å². The van der Waals surface area contributed by atoms with E-state index in [1.54, 1.807) is 6.20 Å². The van der Waals surface area contributed by atoms with Crippen LogP contribution in [-0.2, 0) is 6.42 Å². The van der Waals surface area contributed by atoms with E-state index in [4.69, 9.17) is 4.52 Å². The summed E-state index contributed by atoms with van der Waals surface area (Å²) in [7, 11) is 0. The highest BCUT2D eigenvalue weighted by molar-refractivity contribution is 5.58. The van der Waals surface area contributed by atoms with Gasteiger partial charge in [-0.15, -0.1) is 0 Å². The van der Waals surface area contributed by atoms with Crippen LogP contribution in [0.2, 0.25) is 0 Å². The molecule has 2 aromatic heterocycles. The predicted molar refractivity (Wildman–Crippen MR) is 71.7 cm³/mol. The molecular formula is C14H18N4O. The van der Waals surface area contributed by atoms with E-state index in [9.17, 15) is 0 Å². The molecule has 0 aromatic carbocycles. The molecule has 1 aliphatic rings. The first-order valence-corrected chi connectivity index (χ1v) is 6.80. The molecule has 5 nitrogen and oxygen atoms in total. The van der Waals surface area contributed by atoms with E-state index in [1.807, 2.05) is 12.3 Å². The normalized spacial score (nSPS) is 22.8. The Balaban J connectivity index is 1.92. The van der Waals surface area contributed by atoms with E-state index in [0.29, 0.717) is 17.8 Å². The number of hydrogen-bond donors (Lipinski definition) is 1. The number of rotatable bonds is 3. The van der Waals surface area contributed by atoms with Crippen LogP contribution in [0.5, 0.6) is 0 Å². The first kappa shape index (κ1) is 12.3. The Morgan fingerprint density at radius 1 is 1.47 bits per heavy atom. The second-order valence-corrected chi connectivity index (χ2v) is 4.98. The molecule has 0 bridgehead atoms. The average Bonchev–Trinajstić information content (AvgIpc) is 3.07. The van der Waals surface area contributed by atoms with Gasteiger partial charge in [0.1, 0.15) is 0 Å². The molecule has 0 amide bonds. The number of hydrogen-bond acceptors (Lipinski definition) is 5. The van der Waals surface area contributed by atoms with Crippen molar-refractivity contribution >= 4 is 0 Å². The Morgan fingerprint density at radius 2 is 2.37 bits per heavy atom.